The number of hydrogen-bond donors (Lipinski definition) is 0. The first-order valence-electron chi connectivity index (χ1n) is 3.94. The second-order valence-electron chi connectivity index (χ2n) is 2.70. The van der Waals surface area contributed by atoms with Crippen LogP contribution in [0, 0.1) is 6.92 Å². The van der Waals surface area contributed by atoms with Gasteiger partial charge >= 0.3 is 0 Å². The van der Waals surface area contributed by atoms with Crippen LogP contribution in [0.15, 0.2) is 6.20 Å². The van der Waals surface area contributed by atoms with Crippen LogP contribution in [0.2, 0.25) is 0 Å². The average Bonchev–Trinajstić information content (AvgIpc) is 2.30. The minimum absolute atomic E-state index is 0.295. The van der Waals surface area contributed by atoms with Crippen molar-refractivity contribution in [3.8, 4) is 0 Å². The summed E-state index contributed by atoms with van der Waals surface area (Å²) >= 11 is 0. The van der Waals surface area contributed by atoms with Crippen molar-refractivity contribution in [1.82, 2.24) is 9.78 Å². The molecule has 0 unspecified atom stereocenters. The number of rotatable bonds is 3. The highest BCUT2D eigenvalue weighted by Crippen LogP contribution is 2.09. The predicted octanol–water partition coefficient (Wildman–Crippen LogP) is 2.02. The standard InChI is InChI=1S/C8H12F2N2/c1-3-7-6(2)4-11-12(7)5-8(9)10/h4,8H,3,5H2,1-2H3. The summed E-state index contributed by atoms with van der Waals surface area (Å²) in [6, 6.07) is 0. The molecule has 1 aromatic rings. The molecule has 0 atom stereocenters. The molecule has 0 saturated heterocycles. The van der Waals surface area contributed by atoms with Crippen molar-refractivity contribution in [2.24, 2.45) is 0 Å². The maximum atomic E-state index is 12.0. The van der Waals surface area contributed by atoms with Gasteiger partial charge in [0.05, 0.1) is 6.20 Å². The zero-order valence-electron chi connectivity index (χ0n) is 7.22. The molecular weight excluding hydrogens is 162 g/mol. The second kappa shape index (κ2) is 3.65. The lowest BCUT2D eigenvalue weighted by Gasteiger charge is -2.04. The Kier molecular flexibility index (Phi) is 2.78. The van der Waals surface area contributed by atoms with E-state index in [1.165, 1.54) is 4.68 Å². The van der Waals surface area contributed by atoms with Crippen molar-refractivity contribution in [3.05, 3.63) is 17.5 Å². The molecule has 0 aliphatic carbocycles. The highest BCUT2D eigenvalue weighted by atomic mass is 19.3. The average molecular weight is 174 g/mol. The van der Waals surface area contributed by atoms with Crippen LogP contribution < -0.4 is 0 Å². The topological polar surface area (TPSA) is 17.8 Å². The summed E-state index contributed by atoms with van der Waals surface area (Å²) in [6.07, 6.45) is 0.0503. The van der Waals surface area contributed by atoms with E-state index in [1.54, 1.807) is 6.20 Å². The van der Waals surface area contributed by atoms with Gasteiger partial charge in [0.2, 0.25) is 0 Å². The molecule has 4 heteroatoms. The van der Waals surface area contributed by atoms with Crippen molar-refractivity contribution >= 4 is 0 Å². The van der Waals surface area contributed by atoms with Crippen molar-refractivity contribution in [2.75, 3.05) is 0 Å². The van der Waals surface area contributed by atoms with Crippen LogP contribution >= 0.6 is 0 Å². The molecule has 0 aliphatic rings. The zero-order chi connectivity index (χ0) is 9.14. The van der Waals surface area contributed by atoms with Crippen molar-refractivity contribution in [2.45, 2.75) is 33.2 Å². The van der Waals surface area contributed by atoms with Gasteiger partial charge < -0.3 is 0 Å². The minimum Gasteiger partial charge on any atom is -0.264 e. The summed E-state index contributed by atoms with van der Waals surface area (Å²) in [5.74, 6) is 0. The Morgan fingerprint density at radius 3 is 2.75 bits per heavy atom. The van der Waals surface area contributed by atoms with E-state index < -0.39 is 6.43 Å². The van der Waals surface area contributed by atoms with E-state index in [1.807, 2.05) is 13.8 Å². The number of halogens is 2. The molecule has 0 fully saturated rings. The summed E-state index contributed by atoms with van der Waals surface area (Å²) in [6.45, 7) is 3.52. The van der Waals surface area contributed by atoms with Gasteiger partial charge in [-0.15, -0.1) is 0 Å². The van der Waals surface area contributed by atoms with E-state index in [0.717, 1.165) is 17.7 Å². The molecule has 68 valence electrons. The van der Waals surface area contributed by atoms with E-state index in [9.17, 15) is 8.78 Å². The maximum Gasteiger partial charge on any atom is 0.257 e. The number of nitrogens with zero attached hydrogens (tertiary/aromatic N) is 2. The third-order valence-electron chi connectivity index (χ3n) is 1.80. The third-order valence-corrected chi connectivity index (χ3v) is 1.80. The Bertz CT molecular complexity index is 256. The number of aromatic nitrogens is 2. The van der Waals surface area contributed by atoms with E-state index in [4.69, 9.17) is 0 Å². The molecule has 0 N–H and O–H groups in total. The second-order valence-corrected chi connectivity index (χ2v) is 2.70. The molecule has 2 nitrogen and oxygen atoms in total. The lowest BCUT2D eigenvalue weighted by atomic mass is 10.2. The molecule has 0 aromatic carbocycles. The normalized spacial score (nSPS) is 11.1. The van der Waals surface area contributed by atoms with Gasteiger partial charge in [0.1, 0.15) is 6.54 Å². The summed E-state index contributed by atoms with van der Waals surface area (Å²) < 4.78 is 25.3. The molecule has 0 saturated carbocycles. The largest absolute Gasteiger partial charge is 0.264 e. The fourth-order valence-electron chi connectivity index (χ4n) is 1.25. The Labute approximate surface area is 70.2 Å². The maximum absolute atomic E-state index is 12.0. The van der Waals surface area contributed by atoms with Crippen molar-refractivity contribution in [1.29, 1.82) is 0 Å². The number of aryl methyl sites for hydroxylation is 1. The van der Waals surface area contributed by atoms with Gasteiger partial charge in [-0.3, -0.25) is 4.68 Å². The van der Waals surface area contributed by atoms with Crippen LogP contribution in [0.1, 0.15) is 18.2 Å². The molecule has 0 radical (unpaired) electrons. The molecule has 12 heavy (non-hydrogen) atoms. The zero-order valence-corrected chi connectivity index (χ0v) is 7.22. The molecule has 1 heterocycles. The summed E-state index contributed by atoms with van der Waals surface area (Å²) in [4.78, 5) is 0. The summed E-state index contributed by atoms with van der Waals surface area (Å²) in [5.41, 5.74) is 1.88. The van der Waals surface area contributed by atoms with Crippen LogP contribution in [-0.4, -0.2) is 16.2 Å². The van der Waals surface area contributed by atoms with Crippen molar-refractivity contribution < 1.29 is 8.78 Å². The fraction of sp³-hybridized carbons (Fsp3) is 0.625. The first kappa shape index (κ1) is 9.16. The summed E-state index contributed by atoms with van der Waals surface area (Å²) in [5, 5.41) is 3.86. The number of alkyl halides is 2. The Balaban J connectivity index is 2.84. The molecule has 1 aromatic heterocycles. The predicted molar refractivity (Wildman–Crippen MR) is 42.3 cm³/mol. The number of hydrogen-bond acceptors (Lipinski definition) is 1. The van der Waals surface area contributed by atoms with Gasteiger partial charge in [0.15, 0.2) is 0 Å². The van der Waals surface area contributed by atoms with E-state index in [0.29, 0.717) is 0 Å². The van der Waals surface area contributed by atoms with Gasteiger partial charge in [-0.25, -0.2) is 8.78 Å². The van der Waals surface area contributed by atoms with Crippen LogP contribution in [0.3, 0.4) is 0 Å². The van der Waals surface area contributed by atoms with E-state index in [-0.39, 0.29) is 6.54 Å². The van der Waals surface area contributed by atoms with E-state index >= 15 is 0 Å². The van der Waals surface area contributed by atoms with Gasteiger partial charge in [0, 0.05) is 5.69 Å². The van der Waals surface area contributed by atoms with Crippen LogP contribution in [0.25, 0.3) is 0 Å². The third kappa shape index (κ3) is 1.81. The molecule has 0 bridgehead atoms. The molecule has 0 aliphatic heterocycles. The van der Waals surface area contributed by atoms with Crippen LogP contribution in [0.4, 0.5) is 8.78 Å². The van der Waals surface area contributed by atoms with Gasteiger partial charge in [-0.2, -0.15) is 5.10 Å². The Morgan fingerprint density at radius 1 is 1.58 bits per heavy atom. The highest BCUT2D eigenvalue weighted by molar-refractivity contribution is 5.15. The lowest BCUT2D eigenvalue weighted by Crippen LogP contribution is -2.11. The van der Waals surface area contributed by atoms with Gasteiger partial charge in [-0.05, 0) is 18.9 Å². The fourth-order valence-corrected chi connectivity index (χ4v) is 1.25. The highest BCUT2D eigenvalue weighted by Gasteiger charge is 2.09. The molecule has 0 spiro atoms. The smallest absolute Gasteiger partial charge is 0.257 e. The first-order valence-corrected chi connectivity index (χ1v) is 3.94. The SMILES string of the molecule is CCc1c(C)cnn1CC(F)F. The molecule has 1 rings (SSSR count). The molecular formula is C8H12F2N2. The summed E-state index contributed by atoms with van der Waals surface area (Å²) in [7, 11) is 0. The Hall–Kier alpha value is -0.930. The monoisotopic (exact) mass is 174 g/mol. The van der Waals surface area contributed by atoms with Crippen molar-refractivity contribution in [3.63, 3.8) is 0 Å². The van der Waals surface area contributed by atoms with Gasteiger partial charge in [0.25, 0.3) is 6.43 Å². The van der Waals surface area contributed by atoms with E-state index in [2.05, 4.69) is 5.10 Å². The van der Waals surface area contributed by atoms with Crippen LogP contribution in [-0.2, 0) is 13.0 Å². The first-order chi connectivity index (χ1) is 5.65. The Morgan fingerprint density at radius 2 is 2.25 bits per heavy atom. The van der Waals surface area contributed by atoms with Gasteiger partial charge in [-0.1, -0.05) is 6.92 Å². The quantitative estimate of drug-likeness (QED) is 0.685. The van der Waals surface area contributed by atoms with Crippen LogP contribution in [0.5, 0.6) is 0 Å². The molecule has 0 amide bonds. The minimum atomic E-state index is -2.32. The lowest BCUT2D eigenvalue weighted by molar-refractivity contribution is 0.120.